The first-order chi connectivity index (χ1) is 15.4. The number of benzene rings is 1. The van der Waals surface area contributed by atoms with Crippen molar-refractivity contribution in [3.05, 3.63) is 17.7 Å². The molecule has 0 aromatic heterocycles. The van der Waals surface area contributed by atoms with Crippen LogP contribution in [0.5, 0.6) is 5.75 Å². The van der Waals surface area contributed by atoms with Crippen molar-refractivity contribution < 1.29 is 41.7 Å². The second-order valence-corrected chi connectivity index (χ2v) is 8.32. The lowest BCUT2D eigenvalue weighted by Crippen LogP contribution is -2.46. The number of halogens is 3. The Hall–Kier alpha value is -2.89. The summed E-state index contributed by atoms with van der Waals surface area (Å²) in [4.78, 5) is 24.5. The van der Waals surface area contributed by atoms with E-state index in [4.69, 9.17) is 24.7 Å². The summed E-state index contributed by atoms with van der Waals surface area (Å²) < 4.78 is 60.5. The minimum Gasteiger partial charge on any atom is -0.489 e. The van der Waals surface area contributed by atoms with Crippen molar-refractivity contribution in [1.29, 1.82) is 0 Å². The Labute approximate surface area is 190 Å². The van der Waals surface area contributed by atoms with E-state index in [1.807, 2.05) is 0 Å². The molecule has 12 heteroatoms. The van der Waals surface area contributed by atoms with Crippen molar-refractivity contribution in [2.24, 2.45) is 0 Å². The van der Waals surface area contributed by atoms with Gasteiger partial charge in [0.2, 0.25) is 6.30 Å². The normalized spacial score (nSPS) is 16.5. The molecule has 1 aliphatic rings. The van der Waals surface area contributed by atoms with E-state index >= 15 is 0 Å². The van der Waals surface area contributed by atoms with Gasteiger partial charge >= 0.3 is 12.1 Å². The molecule has 1 aromatic carbocycles. The van der Waals surface area contributed by atoms with E-state index in [-0.39, 0.29) is 28.0 Å². The van der Waals surface area contributed by atoms with Gasteiger partial charge in [-0.05, 0) is 39.3 Å². The minimum absolute atomic E-state index is 0.00812. The maximum Gasteiger partial charge on any atom is 0.412 e. The number of carbonyl (C=O) groups excluding carboxylic acids is 2. The summed E-state index contributed by atoms with van der Waals surface area (Å²) >= 11 is 0. The fourth-order valence-electron chi connectivity index (χ4n) is 2.82. The van der Waals surface area contributed by atoms with Crippen LogP contribution in [0.2, 0.25) is 0 Å². The first-order valence-electron chi connectivity index (χ1n) is 10.3. The lowest BCUT2D eigenvalue weighted by Gasteiger charge is -2.29. The molecule has 0 radical (unpaired) electrons. The van der Waals surface area contributed by atoms with E-state index in [9.17, 15) is 22.8 Å². The molecular formula is C21H30F3N3O6. The molecule has 0 saturated carbocycles. The maximum absolute atomic E-state index is 14.0. The number of nitrogens with two attached hydrogens (primary N) is 1. The van der Waals surface area contributed by atoms with Gasteiger partial charge < -0.3 is 30.0 Å². The average Bonchev–Trinajstić information content (AvgIpc) is 2.69. The molecule has 1 amide bonds. The maximum atomic E-state index is 14.0. The van der Waals surface area contributed by atoms with Crippen molar-refractivity contribution >= 4 is 23.4 Å². The Morgan fingerprint density at radius 3 is 2.48 bits per heavy atom. The summed E-state index contributed by atoms with van der Waals surface area (Å²) in [6.07, 6.45) is -6.69. The second kappa shape index (κ2) is 11.3. The minimum atomic E-state index is -3.44. The molecule has 1 aliphatic heterocycles. The zero-order valence-corrected chi connectivity index (χ0v) is 19.0. The third-order valence-corrected chi connectivity index (χ3v) is 4.60. The number of carbonyl (C=O) groups is 2. The highest BCUT2D eigenvalue weighted by atomic mass is 19.3. The standard InChI is InChI=1S/C21H30F3N3O6/c1-21(2,3)33-20(29)27(18(24)17(22)23)6-8-32-15-10-12(19(28)30-4)9-14(16(15)25)26-11-13-5-7-31-13/h9-10,13,17-18,26H,5-8,11,25H2,1-4H3/t13-,18?/m0/s1. The Balaban J connectivity index is 2.15. The topological polar surface area (TPSA) is 112 Å². The van der Waals surface area contributed by atoms with Crippen LogP contribution < -0.4 is 15.8 Å². The Morgan fingerprint density at radius 1 is 1.30 bits per heavy atom. The molecule has 2 rings (SSSR count). The molecule has 3 N–H and O–H groups in total. The highest BCUT2D eigenvalue weighted by molar-refractivity contribution is 5.93. The summed E-state index contributed by atoms with van der Waals surface area (Å²) in [6, 6.07) is 2.79. The van der Waals surface area contributed by atoms with Crippen LogP contribution >= 0.6 is 0 Å². The van der Waals surface area contributed by atoms with E-state index < -0.39 is 43.5 Å². The van der Waals surface area contributed by atoms with E-state index in [1.165, 1.54) is 40.0 Å². The first kappa shape index (κ1) is 26.4. The Bertz CT molecular complexity index is 830. The summed E-state index contributed by atoms with van der Waals surface area (Å²) in [7, 11) is 1.21. The number of ether oxygens (including phenoxy) is 4. The van der Waals surface area contributed by atoms with Crippen molar-refractivity contribution in [2.45, 2.75) is 51.6 Å². The third kappa shape index (κ3) is 7.58. The first-order valence-corrected chi connectivity index (χ1v) is 10.3. The number of hydrogen-bond donors (Lipinski definition) is 2. The molecule has 186 valence electrons. The summed E-state index contributed by atoms with van der Waals surface area (Å²) in [5.41, 5.74) is 5.75. The summed E-state index contributed by atoms with van der Waals surface area (Å²) in [5.74, 6) is -0.619. The SMILES string of the molecule is COC(=O)c1cc(NC[C@@H]2CCO2)c(N)c(OCCN(C(=O)OC(C)(C)C)C(F)C(F)F)c1. The zero-order valence-electron chi connectivity index (χ0n) is 19.0. The fraction of sp³-hybridized carbons (Fsp3) is 0.619. The number of methoxy groups -OCH3 is 1. The van der Waals surface area contributed by atoms with Gasteiger partial charge in [-0.3, -0.25) is 4.90 Å². The molecule has 0 spiro atoms. The number of nitrogen functional groups attached to an aromatic ring is 1. The van der Waals surface area contributed by atoms with Crippen molar-refractivity contribution in [3.63, 3.8) is 0 Å². The quantitative estimate of drug-likeness (QED) is 0.300. The fourth-order valence-corrected chi connectivity index (χ4v) is 2.82. The number of rotatable bonds is 10. The molecule has 0 bridgehead atoms. The van der Waals surface area contributed by atoms with Gasteiger partial charge in [-0.1, -0.05) is 0 Å². The lowest BCUT2D eigenvalue weighted by molar-refractivity contribution is -0.0622. The number of alkyl halides is 3. The van der Waals surface area contributed by atoms with Gasteiger partial charge in [-0.25, -0.2) is 22.8 Å². The predicted octanol–water partition coefficient (Wildman–Crippen LogP) is 3.43. The lowest BCUT2D eigenvalue weighted by atomic mass is 10.1. The van der Waals surface area contributed by atoms with E-state index in [0.717, 1.165) is 6.42 Å². The van der Waals surface area contributed by atoms with Crippen LogP contribution in [0.15, 0.2) is 12.1 Å². The second-order valence-electron chi connectivity index (χ2n) is 8.32. The van der Waals surface area contributed by atoms with Gasteiger partial charge in [-0.15, -0.1) is 0 Å². The molecule has 2 atom stereocenters. The summed E-state index contributed by atoms with van der Waals surface area (Å²) in [5, 5.41) is 3.07. The van der Waals surface area contributed by atoms with Crippen molar-refractivity contribution in [2.75, 3.05) is 44.5 Å². The van der Waals surface area contributed by atoms with Crippen LogP contribution in [0, 0.1) is 0 Å². The van der Waals surface area contributed by atoms with Gasteiger partial charge in [0.1, 0.15) is 18.0 Å². The molecular weight excluding hydrogens is 447 g/mol. The average molecular weight is 477 g/mol. The van der Waals surface area contributed by atoms with Crippen LogP contribution in [-0.2, 0) is 14.2 Å². The number of nitrogens with zero attached hydrogens (tertiary/aromatic N) is 1. The molecule has 1 saturated heterocycles. The van der Waals surface area contributed by atoms with Crippen molar-refractivity contribution in [1.82, 2.24) is 4.90 Å². The Kier molecular flexibility index (Phi) is 9.03. The molecule has 1 aromatic rings. The zero-order chi connectivity index (χ0) is 24.8. The van der Waals surface area contributed by atoms with Gasteiger partial charge in [-0.2, -0.15) is 0 Å². The highest BCUT2D eigenvalue weighted by Crippen LogP contribution is 2.32. The van der Waals surface area contributed by atoms with E-state index in [2.05, 4.69) is 5.32 Å². The van der Waals surface area contributed by atoms with E-state index in [0.29, 0.717) is 18.8 Å². The number of hydrogen-bond acceptors (Lipinski definition) is 8. The van der Waals surface area contributed by atoms with Crippen LogP contribution in [0.3, 0.4) is 0 Å². The van der Waals surface area contributed by atoms with Crippen molar-refractivity contribution in [3.8, 4) is 5.75 Å². The van der Waals surface area contributed by atoms with Gasteiger partial charge in [0.25, 0.3) is 6.43 Å². The van der Waals surface area contributed by atoms with Gasteiger partial charge in [0.05, 0.1) is 36.7 Å². The van der Waals surface area contributed by atoms with Gasteiger partial charge in [0.15, 0.2) is 0 Å². The van der Waals surface area contributed by atoms with Crippen LogP contribution in [-0.4, -0.2) is 74.8 Å². The number of amides is 1. The molecule has 1 fully saturated rings. The number of anilines is 2. The smallest absolute Gasteiger partial charge is 0.412 e. The van der Waals surface area contributed by atoms with Gasteiger partial charge in [0, 0.05) is 13.2 Å². The molecule has 9 nitrogen and oxygen atoms in total. The van der Waals surface area contributed by atoms with Crippen LogP contribution in [0.1, 0.15) is 37.6 Å². The monoisotopic (exact) mass is 477 g/mol. The highest BCUT2D eigenvalue weighted by Gasteiger charge is 2.34. The molecule has 33 heavy (non-hydrogen) atoms. The third-order valence-electron chi connectivity index (χ3n) is 4.60. The summed E-state index contributed by atoms with van der Waals surface area (Å²) in [6.45, 7) is 4.73. The molecule has 1 unspecified atom stereocenters. The van der Waals surface area contributed by atoms with E-state index in [1.54, 1.807) is 0 Å². The predicted molar refractivity (Wildman–Crippen MR) is 114 cm³/mol. The Morgan fingerprint density at radius 2 is 1.97 bits per heavy atom. The molecule has 0 aliphatic carbocycles. The number of esters is 1. The van der Waals surface area contributed by atoms with Crippen LogP contribution in [0.4, 0.5) is 29.3 Å². The van der Waals surface area contributed by atoms with Crippen LogP contribution in [0.25, 0.3) is 0 Å². The molecule has 1 heterocycles. The largest absolute Gasteiger partial charge is 0.489 e. The number of nitrogens with one attached hydrogen (secondary N) is 1.